The molecule has 0 bridgehead atoms. The van der Waals surface area contributed by atoms with Crippen molar-refractivity contribution in [2.45, 2.75) is 83.7 Å². The van der Waals surface area contributed by atoms with Gasteiger partial charge in [-0.3, -0.25) is 19.2 Å². The average molecular weight is 1210 g/mol. The number of ether oxygens (including phenoxy) is 4. The summed E-state index contributed by atoms with van der Waals surface area (Å²) < 4.78 is 55.1. The molecule has 4 aromatic carbocycles. The van der Waals surface area contributed by atoms with Crippen LogP contribution in [-0.4, -0.2) is 164 Å². The van der Waals surface area contributed by atoms with Crippen LogP contribution in [0.4, 0.5) is 20.5 Å². The molecule has 85 heavy (non-hydrogen) atoms. The number of fused-ring (bicyclic) bond motifs is 2. The first-order valence-electron chi connectivity index (χ1n) is 29.5. The number of nitrogens with one attached hydrogen (secondary N) is 2. The number of amides is 4. The Morgan fingerprint density at radius 2 is 1.56 bits per heavy atom. The number of hydrogen-bond donors (Lipinski definition) is 3. The molecule has 0 spiro atoms. The predicted octanol–water partition coefficient (Wildman–Crippen LogP) is 10.2. The highest BCUT2D eigenvalue weighted by molar-refractivity contribution is 7.10. The summed E-state index contributed by atoms with van der Waals surface area (Å²) in [7, 11) is 1.67. The van der Waals surface area contributed by atoms with Crippen LogP contribution >= 0.6 is 22.9 Å². The van der Waals surface area contributed by atoms with E-state index in [1.54, 1.807) is 28.2 Å². The second kappa shape index (κ2) is 29.9. The highest BCUT2D eigenvalue weighted by Crippen LogP contribution is 2.44. The molecule has 3 atom stereocenters. The molecule has 1 aliphatic carbocycles. The molecule has 1 saturated carbocycles. The van der Waals surface area contributed by atoms with Crippen molar-refractivity contribution in [1.29, 1.82) is 0 Å². The fourth-order valence-corrected chi connectivity index (χ4v) is 12.5. The lowest BCUT2D eigenvalue weighted by atomic mass is 9.83. The first kappa shape index (κ1) is 62.5. The van der Waals surface area contributed by atoms with Crippen molar-refractivity contribution in [2.24, 2.45) is 11.8 Å². The maximum atomic E-state index is 16.5. The number of halogens is 3. The summed E-state index contributed by atoms with van der Waals surface area (Å²) in [5.74, 6) is -1.67. The zero-order valence-corrected chi connectivity index (χ0v) is 50.2. The van der Waals surface area contributed by atoms with E-state index in [2.05, 4.69) is 33.6 Å². The van der Waals surface area contributed by atoms with Crippen molar-refractivity contribution in [2.75, 3.05) is 109 Å². The summed E-state index contributed by atoms with van der Waals surface area (Å²) in [5.41, 5.74) is 0.899. The van der Waals surface area contributed by atoms with Gasteiger partial charge in [0.15, 0.2) is 5.82 Å². The molecule has 4 heterocycles. The number of thiazole rings is 1. The number of rotatable bonds is 27. The minimum absolute atomic E-state index is 0.0154. The summed E-state index contributed by atoms with van der Waals surface area (Å²) in [6.07, 6.45) is 8.98. The van der Waals surface area contributed by atoms with Crippen molar-refractivity contribution in [3.05, 3.63) is 100 Å². The quantitative estimate of drug-likeness (QED) is 0.0325. The Bertz CT molecular complexity index is 3300. The van der Waals surface area contributed by atoms with Gasteiger partial charge < -0.3 is 54.3 Å². The monoisotopic (exact) mass is 1210 g/mol. The topological polar surface area (TPSA) is 201 Å². The molecule has 2 aliphatic heterocycles. The number of aromatic hydroxyl groups is 1. The molecule has 18 nitrogen and oxygen atoms in total. The fourth-order valence-electron chi connectivity index (χ4n) is 11.3. The molecule has 6 aromatic rings. The largest absolute Gasteiger partial charge is 0.507 e. The second-order valence-electron chi connectivity index (χ2n) is 21.8. The summed E-state index contributed by atoms with van der Waals surface area (Å²) in [4.78, 5) is 74.3. The molecule has 4 amide bonds. The van der Waals surface area contributed by atoms with Crippen LogP contribution in [0.15, 0.2) is 78.7 Å². The molecule has 0 radical (unpaired) electrons. The summed E-state index contributed by atoms with van der Waals surface area (Å²) in [6.45, 7) is 12.3. The van der Waals surface area contributed by atoms with Crippen LogP contribution in [0.1, 0.15) is 82.7 Å². The number of likely N-dealkylation sites (tertiary alicyclic amines) is 1. The zero-order chi connectivity index (χ0) is 60.0. The smallest absolute Gasteiger partial charge is 0.246 e. The molecular formula is C63H76ClF2N9O9S. The molecule has 3 fully saturated rings. The van der Waals surface area contributed by atoms with Gasteiger partial charge in [0, 0.05) is 92.5 Å². The third kappa shape index (κ3) is 15.1. The van der Waals surface area contributed by atoms with Gasteiger partial charge in [0.1, 0.15) is 46.3 Å². The number of anilines is 2. The van der Waals surface area contributed by atoms with E-state index in [4.69, 9.17) is 40.5 Å². The van der Waals surface area contributed by atoms with Gasteiger partial charge in [-0.2, -0.15) is 4.98 Å². The standard InChI is InChI=1S/C63H76ClF2N9O9S/c1-5-40(3)60(79)69-57(41-14-8-7-9-15-41)62(80)75-25-13-19-49(75)61-68-48(39-85-61)43-21-22-51(44-17-11-10-16-42(43)44)84-37-36-83-35-34-82-33-32-81-31-30-72(4)53(78)23-24-67-63-70-58-45(59(71-63)74-28-26-73(27-29-74)52(77)6-2)38-46(64)54(56(58)66)55-47(65)18-12-20-50(55)76/h6,10-12,16-18,20-22,38-41,49,57,76H,2,5,7-9,13-15,19,23-37H2,1,3-4H3,(H,69,79)(H,67,70,71)/t40-,49+,57+/m1/s1. The molecule has 22 heteroatoms. The zero-order valence-electron chi connectivity index (χ0n) is 48.6. The number of carbonyl (C=O) groups is 4. The highest BCUT2D eigenvalue weighted by Gasteiger charge is 2.40. The van der Waals surface area contributed by atoms with Gasteiger partial charge in [-0.05, 0) is 79.8 Å². The first-order chi connectivity index (χ1) is 41.3. The number of phenolic OH excluding ortho intramolecular Hbond substituents is 1. The third-order valence-electron chi connectivity index (χ3n) is 16.3. The first-order valence-corrected chi connectivity index (χ1v) is 30.8. The van der Waals surface area contributed by atoms with E-state index < -0.39 is 29.0 Å². The van der Waals surface area contributed by atoms with Crippen LogP contribution in [-0.2, 0) is 33.4 Å². The molecule has 0 unspecified atom stereocenters. The Hall–Kier alpha value is -7.04. The summed E-state index contributed by atoms with van der Waals surface area (Å²) in [6, 6.07) is 16.5. The van der Waals surface area contributed by atoms with E-state index in [-0.39, 0.29) is 88.5 Å². The lowest BCUT2D eigenvalue weighted by Gasteiger charge is -2.35. The molecule has 2 aromatic heterocycles. The van der Waals surface area contributed by atoms with Crippen molar-refractivity contribution >= 4 is 80.0 Å². The van der Waals surface area contributed by atoms with Crippen molar-refractivity contribution < 1.29 is 52.0 Å². The van der Waals surface area contributed by atoms with Gasteiger partial charge in [-0.1, -0.05) is 81.6 Å². The van der Waals surface area contributed by atoms with Crippen molar-refractivity contribution in [1.82, 2.24) is 35.0 Å². The van der Waals surface area contributed by atoms with E-state index in [0.717, 1.165) is 83.8 Å². The van der Waals surface area contributed by atoms with Gasteiger partial charge in [-0.25, -0.2) is 18.7 Å². The third-order valence-corrected chi connectivity index (χ3v) is 17.5. The van der Waals surface area contributed by atoms with Crippen molar-refractivity contribution in [3.8, 4) is 33.9 Å². The van der Waals surface area contributed by atoms with Crippen LogP contribution < -0.4 is 20.3 Å². The van der Waals surface area contributed by atoms with Crippen LogP contribution in [0.3, 0.4) is 0 Å². The molecule has 454 valence electrons. The number of likely N-dealkylation sites (N-methyl/N-ethyl adjacent to an activating group) is 1. The van der Waals surface area contributed by atoms with Crippen LogP contribution in [0.25, 0.3) is 44.1 Å². The van der Waals surface area contributed by atoms with E-state index in [9.17, 15) is 24.3 Å². The Kier molecular flexibility index (Phi) is 21.9. The van der Waals surface area contributed by atoms with Gasteiger partial charge in [0.05, 0.1) is 62.0 Å². The molecule has 3 aliphatic rings. The molecule has 2 saturated heterocycles. The average Bonchev–Trinajstić information content (AvgIpc) is 4.20. The normalized spacial score (nSPS) is 16.4. The van der Waals surface area contributed by atoms with Gasteiger partial charge in [-0.15, -0.1) is 11.3 Å². The Morgan fingerprint density at radius 3 is 2.28 bits per heavy atom. The van der Waals surface area contributed by atoms with E-state index in [1.165, 1.54) is 30.7 Å². The number of benzene rings is 4. The maximum Gasteiger partial charge on any atom is 0.246 e. The number of aromatic nitrogens is 3. The molecule has 3 N–H and O–H groups in total. The lowest BCUT2D eigenvalue weighted by molar-refractivity contribution is -0.140. The lowest BCUT2D eigenvalue weighted by Crippen LogP contribution is -2.53. The molecular weight excluding hydrogens is 1130 g/mol. The predicted molar refractivity (Wildman–Crippen MR) is 326 cm³/mol. The van der Waals surface area contributed by atoms with Gasteiger partial charge >= 0.3 is 0 Å². The highest BCUT2D eigenvalue weighted by atomic mass is 35.5. The van der Waals surface area contributed by atoms with Crippen LogP contribution in [0.2, 0.25) is 5.02 Å². The number of nitrogens with zero attached hydrogens (tertiary/aromatic N) is 7. The fraction of sp³-hybridized carbons (Fsp3) is 0.476. The maximum absolute atomic E-state index is 16.5. The van der Waals surface area contributed by atoms with E-state index in [1.807, 2.05) is 54.0 Å². The molecule has 9 rings (SSSR count). The number of piperazine rings is 1. The Labute approximate surface area is 503 Å². The minimum atomic E-state index is -0.961. The minimum Gasteiger partial charge on any atom is -0.507 e. The van der Waals surface area contributed by atoms with Crippen molar-refractivity contribution in [3.63, 3.8) is 0 Å². The second-order valence-corrected chi connectivity index (χ2v) is 23.1. The van der Waals surface area contributed by atoms with E-state index >= 15 is 8.78 Å². The Morgan fingerprint density at radius 1 is 0.847 bits per heavy atom. The van der Waals surface area contributed by atoms with E-state index in [0.29, 0.717) is 84.7 Å². The SMILES string of the molecule is C=CC(=O)N1CCN(c2nc(NCCC(=O)N(C)CCOCCOCCOCCOc3ccc(-c4csc([C@@H]5CCCN5C(=O)[C@@H](NC(=O)[C@H](C)CC)C5CCCCC5)n4)c4ccccc34)nc3c(F)c(-c4c(O)cccc4F)c(Cl)cc23)CC1. The summed E-state index contributed by atoms with van der Waals surface area (Å²) >= 11 is 8.18. The Balaban J connectivity index is 0.687. The van der Waals surface area contributed by atoms with Crippen LogP contribution in [0, 0.1) is 23.5 Å². The van der Waals surface area contributed by atoms with Crippen LogP contribution in [0.5, 0.6) is 11.5 Å². The number of hydrogen-bond acceptors (Lipinski definition) is 15. The van der Waals surface area contributed by atoms with Gasteiger partial charge in [0.25, 0.3) is 0 Å². The number of carbonyl (C=O) groups excluding carboxylic acids is 4. The number of phenols is 1. The summed E-state index contributed by atoms with van der Waals surface area (Å²) in [5, 5.41) is 21.8. The van der Waals surface area contributed by atoms with Gasteiger partial charge in [0.2, 0.25) is 29.6 Å².